The second-order valence-corrected chi connectivity index (χ2v) is 4.81. The lowest BCUT2D eigenvalue weighted by atomic mass is 10.00. The molecule has 0 radical (unpaired) electrons. The van der Waals surface area contributed by atoms with Crippen molar-refractivity contribution in [2.45, 2.75) is 26.7 Å². The van der Waals surface area contributed by atoms with Gasteiger partial charge >= 0.3 is 0 Å². The zero-order valence-electron chi connectivity index (χ0n) is 12.1. The lowest BCUT2D eigenvalue weighted by Crippen LogP contribution is -2.03. The van der Waals surface area contributed by atoms with Crippen LogP contribution in [-0.4, -0.2) is 12.4 Å². The molecule has 2 rings (SSSR count). The molecule has 0 aliphatic rings. The first-order valence-electron chi connectivity index (χ1n) is 7.01. The van der Waals surface area contributed by atoms with Crippen molar-refractivity contribution in [2.24, 2.45) is 0 Å². The van der Waals surface area contributed by atoms with E-state index in [2.05, 4.69) is 19.1 Å². The van der Waals surface area contributed by atoms with E-state index in [4.69, 9.17) is 4.74 Å². The summed E-state index contributed by atoms with van der Waals surface area (Å²) in [7, 11) is 0. The zero-order valence-corrected chi connectivity index (χ0v) is 12.1. The Bertz CT molecular complexity index is 587. The molecule has 0 amide bonds. The Labute approximate surface area is 120 Å². The van der Waals surface area contributed by atoms with E-state index in [1.165, 1.54) is 11.1 Å². The van der Waals surface area contributed by atoms with Gasteiger partial charge in [0.1, 0.15) is 5.75 Å². The van der Waals surface area contributed by atoms with E-state index < -0.39 is 0 Å². The van der Waals surface area contributed by atoms with Crippen molar-refractivity contribution < 1.29 is 9.53 Å². The molecule has 0 saturated heterocycles. The van der Waals surface area contributed by atoms with Crippen LogP contribution < -0.4 is 4.74 Å². The standard InChI is InChI=1S/C18H20O2/c1-3-20-17-10-6-9-16(13-17)18(19)12-11-15-8-5-4-7-14(15)2/h4-10,13H,3,11-12H2,1-2H3. The lowest BCUT2D eigenvalue weighted by Gasteiger charge is -2.07. The number of hydrogen-bond acceptors (Lipinski definition) is 2. The molecule has 0 N–H and O–H groups in total. The van der Waals surface area contributed by atoms with Crippen molar-refractivity contribution in [3.63, 3.8) is 0 Å². The molecule has 2 nitrogen and oxygen atoms in total. The number of carbonyl (C=O) groups excluding carboxylic acids is 1. The maximum absolute atomic E-state index is 12.2. The molecule has 2 heteroatoms. The third-order valence-electron chi connectivity index (χ3n) is 3.35. The summed E-state index contributed by atoms with van der Waals surface area (Å²) in [4.78, 5) is 12.2. The summed E-state index contributed by atoms with van der Waals surface area (Å²) in [5.41, 5.74) is 3.20. The fourth-order valence-electron chi connectivity index (χ4n) is 2.21. The number of hydrogen-bond donors (Lipinski definition) is 0. The van der Waals surface area contributed by atoms with Gasteiger partial charge in [0, 0.05) is 12.0 Å². The average molecular weight is 268 g/mol. The normalized spacial score (nSPS) is 10.3. The van der Waals surface area contributed by atoms with E-state index in [9.17, 15) is 4.79 Å². The second kappa shape index (κ2) is 6.90. The Balaban J connectivity index is 2.01. The molecule has 2 aromatic rings. The van der Waals surface area contributed by atoms with Crippen LogP contribution in [0.4, 0.5) is 0 Å². The van der Waals surface area contributed by atoms with Gasteiger partial charge in [-0.2, -0.15) is 0 Å². The Morgan fingerprint density at radius 2 is 1.90 bits per heavy atom. The first kappa shape index (κ1) is 14.3. The summed E-state index contributed by atoms with van der Waals surface area (Å²) >= 11 is 0. The Hall–Kier alpha value is -2.09. The van der Waals surface area contributed by atoms with Crippen molar-refractivity contribution in [2.75, 3.05) is 6.61 Å². The van der Waals surface area contributed by atoms with Crippen LogP contribution in [0.5, 0.6) is 5.75 Å². The summed E-state index contributed by atoms with van der Waals surface area (Å²) in [6.45, 7) is 4.63. The topological polar surface area (TPSA) is 26.3 Å². The quantitative estimate of drug-likeness (QED) is 0.734. The van der Waals surface area contributed by atoms with Crippen LogP contribution in [0.2, 0.25) is 0 Å². The molecule has 0 atom stereocenters. The minimum Gasteiger partial charge on any atom is -0.494 e. The SMILES string of the molecule is CCOc1cccc(C(=O)CCc2ccccc2C)c1. The summed E-state index contributed by atoms with van der Waals surface area (Å²) < 4.78 is 5.43. The van der Waals surface area contributed by atoms with Crippen LogP contribution in [0.25, 0.3) is 0 Å². The predicted octanol–water partition coefficient (Wildman–Crippen LogP) is 4.21. The van der Waals surface area contributed by atoms with Crippen molar-refractivity contribution in [3.05, 3.63) is 65.2 Å². The van der Waals surface area contributed by atoms with E-state index in [-0.39, 0.29) is 5.78 Å². The number of ketones is 1. The van der Waals surface area contributed by atoms with Crippen LogP contribution in [0.15, 0.2) is 48.5 Å². The molecule has 104 valence electrons. The van der Waals surface area contributed by atoms with Crippen LogP contribution >= 0.6 is 0 Å². The summed E-state index contributed by atoms with van der Waals surface area (Å²) in [6, 6.07) is 15.6. The molecule has 0 fully saturated rings. The highest BCUT2D eigenvalue weighted by molar-refractivity contribution is 5.96. The minimum atomic E-state index is 0.162. The molecule has 0 aliphatic heterocycles. The molecule has 0 aromatic heterocycles. The molecule has 0 unspecified atom stereocenters. The Morgan fingerprint density at radius 1 is 1.10 bits per heavy atom. The number of benzene rings is 2. The highest BCUT2D eigenvalue weighted by Crippen LogP contribution is 2.16. The van der Waals surface area contributed by atoms with Crippen LogP contribution in [0.1, 0.15) is 34.8 Å². The van der Waals surface area contributed by atoms with Gasteiger partial charge in [-0.25, -0.2) is 0 Å². The van der Waals surface area contributed by atoms with Gasteiger partial charge in [0.2, 0.25) is 0 Å². The van der Waals surface area contributed by atoms with Crippen molar-refractivity contribution in [1.82, 2.24) is 0 Å². The van der Waals surface area contributed by atoms with Crippen LogP contribution in [0.3, 0.4) is 0 Å². The summed E-state index contributed by atoms with van der Waals surface area (Å²) in [6.07, 6.45) is 1.31. The van der Waals surface area contributed by atoms with Gasteiger partial charge < -0.3 is 4.74 Å². The third kappa shape index (κ3) is 3.70. The van der Waals surface area contributed by atoms with E-state index >= 15 is 0 Å². The molecule has 0 saturated carbocycles. The molecule has 0 spiro atoms. The molecule has 0 bridgehead atoms. The van der Waals surface area contributed by atoms with Gasteiger partial charge in [-0.3, -0.25) is 4.79 Å². The Morgan fingerprint density at radius 3 is 2.65 bits per heavy atom. The average Bonchev–Trinajstić information content (AvgIpc) is 2.47. The number of aryl methyl sites for hydroxylation is 2. The minimum absolute atomic E-state index is 0.162. The summed E-state index contributed by atoms with van der Waals surface area (Å²) in [5, 5.41) is 0. The van der Waals surface area contributed by atoms with E-state index in [1.54, 1.807) is 0 Å². The first-order chi connectivity index (χ1) is 9.70. The second-order valence-electron chi connectivity index (χ2n) is 4.81. The molecular formula is C18H20O2. The fraction of sp³-hybridized carbons (Fsp3) is 0.278. The smallest absolute Gasteiger partial charge is 0.163 e. The van der Waals surface area contributed by atoms with Gasteiger partial charge in [0.05, 0.1) is 6.61 Å². The molecule has 20 heavy (non-hydrogen) atoms. The molecule has 0 heterocycles. The molecule has 2 aromatic carbocycles. The third-order valence-corrected chi connectivity index (χ3v) is 3.35. The fourth-order valence-corrected chi connectivity index (χ4v) is 2.21. The molecule has 0 aliphatic carbocycles. The summed E-state index contributed by atoms with van der Waals surface area (Å²) in [5.74, 6) is 0.920. The largest absolute Gasteiger partial charge is 0.494 e. The first-order valence-corrected chi connectivity index (χ1v) is 7.01. The lowest BCUT2D eigenvalue weighted by molar-refractivity contribution is 0.0982. The van der Waals surface area contributed by atoms with Crippen LogP contribution in [0, 0.1) is 6.92 Å². The maximum atomic E-state index is 12.2. The van der Waals surface area contributed by atoms with Gasteiger partial charge in [0.25, 0.3) is 0 Å². The maximum Gasteiger partial charge on any atom is 0.163 e. The van der Waals surface area contributed by atoms with Crippen LogP contribution in [-0.2, 0) is 6.42 Å². The van der Waals surface area contributed by atoms with Crippen molar-refractivity contribution in [3.8, 4) is 5.75 Å². The van der Waals surface area contributed by atoms with E-state index in [0.717, 1.165) is 17.7 Å². The highest BCUT2D eigenvalue weighted by atomic mass is 16.5. The van der Waals surface area contributed by atoms with Gasteiger partial charge in [-0.05, 0) is 43.5 Å². The Kier molecular flexibility index (Phi) is 4.94. The van der Waals surface area contributed by atoms with Crippen molar-refractivity contribution in [1.29, 1.82) is 0 Å². The van der Waals surface area contributed by atoms with Crippen molar-refractivity contribution >= 4 is 5.78 Å². The number of Topliss-reactive ketones (excluding diaryl/α,β-unsaturated/α-hetero) is 1. The zero-order chi connectivity index (χ0) is 14.4. The van der Waals surface area contributed by atoms with E-state index in [1.807, 2.05) is 43.3 Å². The van der Waals surface area contributed by atoms with Gasteiger partial charge in [-0.15, -0.1) is 0 Å². The number of ether oxygens (including phenoxy) is 1. The number of rotatable bonds is 6. The predicted molar refractivity (Wildman–Crippen MR) is 81.4 cm³/mol. The van der Waals surface area contributed by atoms with Gasteiger partial charge in [-0.1, -0.05) is 36.4 Å². The van der Waals surface area contributed by atoms with Gasteiger partial charge in [0.15, 0.2) is 5.78 Å². The monoisotopic (exact) mass is 268 g/mol. The molecular weight excluding hydrogens is 248 g/mol. The van der Waals surface area contributed by atoms with E-state index in [0.29, 0.717) is 13.0 Å². The highest BCUT2D eigenvalue weighted by Gasteiger charge is 2.08. The number of carbonyl (C=O) groups is 1.